The number of benzene rings is 1. The number of aromatic nitrogens is 2. The van der Waals surface area contributed by atoms with E-state index in [0.717, 1.165) is 10.9 Å². The van der Waals surface area contributed by atoms with E-state index in [1.54, 1.807) is 24.1 Å². The highest BCUT2D eigenvalue weighted by atomic mass is 16.6. The molecule has 1 amide bonds. The Hall–Kier alpha value is -2.88. The van der Waals surface area contributed by atoms with Gasteiger partial charge in [-0.3, -0.25) is 14.8 Å². The van der Waals surface area contributed by atoms with E-state index in [1.165, 1.54) is 0 Å². The summed E-state index contributed by atoms with van der Waals surface area (Å²) >= 11 is 0. The highest BCUT2D eigenvalue weighted by molar-refractivity contribution is 5.88. The maximum absolute atomic E-state index is 12.0. The lowest BCUT2D eigenvalue weighted by Gasteiger charge is -2.34. The summed E-state index contributed by atoms with van der Waals surface area (Å²) in [6, 6.07) is 3.38. The van der Waals surface area contributed by atoms with E-state index in [-0.39, 0.29) is 16.7 Å². The lowest BCUT2D eigenvalue weighted by Crippen LogP contribution is -2.46. The predicted molar refractivity (Wildman–Crippen MR) is 113 cm³/mol. The monoisotopic (exact) mass is 419 g/mol. The van der Waals surface area contributed by atoms with E-state index in [4.69, 9.17) is 9.47 Å². The second kappa shape index (κ2) is 8.86. The van der Waals surface area contributed by atoms with Gasteiger partial charge in [0, 0.05) is 37.7 Å². The molecule has 0 atom stereocenters. The number of fused-ring (bicyclic) bond motifs is 1. The Balaban J connectivity index is 1.75. The summed E-state index contributed by atoms with van der Waals surface area (Å²) in [7, 11) is 1.62. The molecule has 1 aromatic heterocycles. The van der Waals surface area contributed by atoms with Crippen molar-refractivity contribution in [3.05, 3.63) is 28.4 Å². The van der Waals surface area contributed by atoms with Crippen molar-refractivity contribution in [2.75, 3.05) is 31.7 Å². The molecule has 1 aromatic carbocycles. The zero-order valence-electron chi connectivity index (χ0n) is 17.9. The van der Waals surface area contributed by atoms with Gasteiger partial charge in [-0.15, -0.1) is 0 Å². The van der Waals surface area contributed by atoms with Crippen LogP contribution in [0.3, 0.4) is 0 Å². The number of alkyl carbamates (subject to hydrolysis) is 1. The number of anilines is 1. The number of rotatable bonds is 6. The van der Waals surface area contributed by atoms with Crippen molar-refractivity contribution in [1.29, 1.82) is 0 Å². The molecule has 1 fully saturated rings. The van der Waals surface area contributed by atoms with Crippen LogP contribution in [0.4, 0.5) is 16.2 Å². The largest absolute Gasteiger partial charge is 0.444 e. The standard InChI is InChI=1S/C20H29N5O5/c1-20(2,3)30-19(26)22-15-5-7-23(8-6-15)17-12-16-14(11-18(17)25(27)28)13-21-24(16)9-10-29-4/h11-13,15H,5-10H2,1-4H3,(H,22,26). The number of ether oxygens (including phenoxy) is 2. The Morgan fingerprint density at radius 3 is 2.63 bits per heavy atom. The van der Waals surface area contributed by atoms with Crippen molar-refractivity contribution >= 4 is 28.4 Å². The average Bonchev–Trinajstić information content (AvgIpc) is 3.06. The fourth-order valence-corrected chi connectivity index (χ4v) is 3.60. The molecule has 30 heavy (non-hydrogen) atoms. The first-order valence-corrected chi connectivity index (χ1v) is 10.1. The zero-order valence-corrected chi connectivity index (χ0v) is 17.9. The number of piperidine rings is 1. The Morgan fingerprint density at radius 2 is 2.03 bits per heavy atom. The molecular formula is C20H29N5O5. The lowest BCUT2D eigenvalue weighted by atomic mass is 10.0. The molecule has 164 valence electrons. The minimum Gasteiger partial charge on any atom is -0.444 e. The Labute approximate surface area is 175 Å². The average molecular weight is 419 g/mol. The second-order valence-corrected chi connectivity index (χ2v) is 8.42. The van der Waals surface area contributed by atoms with Crippen LogP contribution in [0.25, 0.3) is 10.9 Å². The minimum atomic E-state index is -0.549. The molecule has 2 heterocycles. The van der Waals surface area contributed by atoms with Crippen molar-refractivity contribution in [3.63, 3.8) is 0 Å². The second-order valence-electron chi connectivity index (χ2n) is 8.42. The molecule has 0 saturated carbocycles. The molecule has 10 heteroatoms. The van der Waals surface area contributed by atoms with Crippen LogP contribution in [0, 0.1) is 10.1 Å². The number of nitro groups is 1. The molecule has 1 aliphatic rings. The Morgan fingerprint density at radius 1 is 1.33 bits per heavy atom. The molecular weight excluding hydrogens is 390 g/mol. The van der Waals surface area contributed by atoms with Gasteiger partial charge in [0.05, 0.1) is 29.8 Å². The lowest BCUT2D eigenvalue weighted by molar-refractivity contribution is -0.384. The van der Waals surface area contributed by atoms with Crippen LogP contribution in [0.1, 0.15) is 33.6 Å². The van der Waals surface area contributed by atoms with Gasteiger partial charge in [0.1, 0.15) is 11.3 Å². The Bertz CT molecular complexity index is 912. The number of hydrogen-bond donors (Lipinski definition) is 1. The first-order chi connectivity index (χ1) is 14.2. The van der Waals surface area contributed by atoms with Gasteiger partial charge >= 0.3 is 6.09 Å². The third kappa shape index (κ3) is 5.18. The van der Waals surface area contributed by atoms with Crippen molar-refractivity contribution in [3.8, 4) is 0 Å². The fraction of sp³-hybridized carbons (Fsp3) is 0.600. The normalized spacial score (nSPS) is 15.4. The highest BCUT2D eigenvalue weighted by Crippen LogP contribution is 2.34. The highest BCUT2D eigenvalue weighted by Gasteiger charge is 2.28. The van der Waals surface area contributed by atoms with Crippen LogP contribution in [0.15, 0.2) is 18.3 Å². The summed E-state index contributed by atoms with van der Waals surface area (Å²) in [5.41, 5.74) is 0.920. The summed E-state index contributed by atoms with van der Waals surface area (Å²) in [5.74, 6) is 0. The van der Waals surface area contributed by atoms with Crippen molar-refractivity contribution in [1.82, 2.24) is 15.1 Å². The van der Waals surface area contributed by atoms with Crippen LogP contribution in [-0.2, 0) is 16.0 Å². The number of amides is 1. The first-order valence-electron chi connectivity index (χ1n) is 10.1. The molecule has 1 N–H and O–H groups in total. The van der Waals surface area contributed by atoms with Gasteiger partial charge in [-0.25, -0.2) is 4.79 Å². The number of nitrogens with zero attached hydrogens (tertiary/aromatic N) is 4. The first kappa shape index (κ1) is 21.8. The SMILES string of the molecule is COCCn1ncc2cc([N+](=O)[O-])c(N3CCC(NC(=O)OC(C)(C)C)CC3)cc21. The topological polar surface area (TPSA) is 112 Å². The third-order valence-electron chi connectivity index (χ3n) is 5.00. The molecule has 3 rings (SSSR count). The maximum atomic E-state index is 12.0. The quantitative estimate of drug-likeness (QED) is 0.566. The number of nitro benzene ring substituents is 1. The van der Waals surface area contributed by atoms with Gasteiger partial charge in [-0.1, -0.05) is 0 Å². The van der Waals surface area contributed by atoms with E-state index in [9.17, 15) is 14.9 Å². The van der Waals surface area contributed by atoms with Gasteiger partial charge in [0.2, 0.25) is 0 Å². The summed E-state index contributed by atoms with van der Waals surface area (Å²) in [4.78, 5) is 25.3. The predicted octanol–water partition coefficient (Wildman–Crippen LogP) is 3.08. The van der Waals surface area contributed by atoms with E-state index >= 15 is 0 Å². The summed E-state index contributed by atoms with van der Waals surface area (Å²) in [6.07, 6.45) is 2.56. The van der Waals surface area contributed by atoms with Gasteiger partial charge < -0.3 is 19.7 Å². The number of methoxy groups -OCH3 is 1. The van der Waals surface area contributed by atoms with Crippen LogP contribution in [-0.4, -0.2) is 59.2 Å². The van der Waals surface area contributed by atoms with Gasteiger partial charge in [-0.2, -0.15) is 5.10 Å². The smallest absolute Gasteiger partial charge is 0.407 e. The van der Waals surface area contributed by atoms with Gasteiger partial charge in [0.15, 0.2) is 0 Å². The number of nitrogens with one attached hydrogen (secondary N) is 1. The summed E-state index contributed by atoms with van der Waals surface area (Å²) in [6.45, 7) is 7.73. The molecule has 0 unspecified atom stereocenters. The zero-order chi connectivity index (χ0) is 21.9. The Kier molecular flexibility index (Phi) is 6.45. The molecule has 0 bridgehead atoms. The van der Waals surface area contributed by atoms with E-state index in [1.807, 2.05) is 31.7 Å². The van der Waals surface area contributed by atoms with Crippen molar-refractivity contribution in [2.45, 2.75) is 51.8 Å². The number of hydrogen-bond acceptors (Lipinski definition) is 7. The number of carbonyl (C=O) groups excluding carboxylic acids is 1. The molecule has 1 saturated heterocycles. The van der Waals surface area contributed by atoms with Gasteiger partial charge in [0.25, 0.3) is 5.69 Å². The van der Waals surface area contributed by atoms with Gasteiger partial charge in [-0.05, 0) is 39.7 Å². The summed E-state index contributed by atoms with van der Waals surface area (Å²) < 4.78 is 12.2. The molecule has 0 aliphatic carbocycles. The molecule has 0 spiro atoms. The summed E-state index contributed by atoms with van der Waals surface area (Å²) in [5, 5.41) is 19.6. The van der Waals surface area contributed by atoms with E-state index < -0.39 is 11.7 Å². The maximum Gasteiger partial charge on any atom is 0.407 e. The molecule has 0 radical (unpaired) electrons. The van der Waals surface area contributed by atoms with Crippen LogP contribution in [0.5, 0.6) is 0 Å². The minimum absolute atomic E-state index is 0.0221. The third-order valence-corrected chi connectivity index (χ3v) is 5.00. The van der Waals surface area contributed by atoms with Crippen LogP contribution >= 0.6 is 0 Å². The van der Waals surface area contributed by atoms with E-state index in [2.05, 4.69) is 10.4 Å². The van der Waals surface area contributed by atoms with Crippen LogP contribution in [0.2, 0.25) is 0 Å². The molecule has 10 nitrogen and oxygen atoms in total. The van der Waals surface area contributed by atoms with E-state index in [0.29, 0.717) is 44.8 Å². The van der Waals surface area contributed by atoms with Crippen molar-refractivity contribution in [2.24, 2.45) is 0 Å². The molecule has 1 aliphatic heterocycles. The fourth-order valence-electron chi connectivity index (χ4n) is 3.60. The number of carbonyl (C=O) groups is 1. The van der Waals surface area contributed by atoms with Crippen molar-refractivity contribution < 1.29 is 19.2 Å². The van der Waals surface area contributed by atoms with Crippen LogP contribution < -0.4 is 10.2 Å². The molecule has 2 aromatic rings.